The third kappa shape index (κ3) is 6.55. The van der Waals surface area contributed by atoms with Crippen molar-refractivity contribution in [3.8, 4) is 5.75 Å². The zero-order valence-electron chi connectivity index (χ0n) is 13.2. The first kappa shape index (κ1) is 17.6. The van der Waals surface area contributed by atoms with Crippen LogP contribution in [0.2, 0.25) is 5.02 Å². The molecule has 0 amide bonds. The smallest absolute Gasteiger partial charge is 0.134 e. The largest absolute Gasteiger partial charge is 0.506 e. The molecule has 0 spiro atoms. The molecule has 0 aliphatic carbocycles. The Morgan fingerprint density at radius 1 is 0.583 bits per heavy atom. The minimum atomic E-state index is 0.133. The highest BCUT2D eigenvalue weighted by molar-refractivity contribution is 6.31. The second-order valence-electron chi connectivity index (χ2n) is 4.99. The lowest BCUT2D eigenvalue weighted by molar-refractivity contribution is 0.475. The van der Waals surface area contributed by atoms with E-state index >= 15 is 0 Å². The van der Waals surface area contributed by atoms with Crippen LogP contribution in [0.3, 0.4) is 0 Å². The number of phenolic OH excluding ortho intramolecular Hbond substituents is 1. The van der Waals surface area contributed by atoms with Gasteiger partial charge in [0.15, 0.2) is 0 Å². The molecule has 0 atom stereocenters. The molecule has 0 bridgehead atoms. The Kier molecular flexibility index (Phi) is 7.39. The number of benzene rings is 3. The maximum Gasteiger partial charge on any atom is 0.134 e. The van der Waals surface area contributed by atoms with Gasteiger partial charge in [-0.25, -0.2) is 0 Å². The molecule has 0 heterocycles. The summed E-state index contributed by atoms with van der Waals surface area (Å²) in [6.45, 7) is 0. The summed E-state index contributed by atoms with van der Waals surface area (Å²) < 4.78 is 0. The van der Waals surface area contributed by atoms with Gasteiger partial charge in [-0.3, -0.25) is 0 Å². The van der Waals surface area contributed by atoms with Crippen molar-refractivity contribution in [2.75, 3.05) is 0 Å². The number of para-hydroxylation sites is 1. The van der Waals surface area contributed by atoms with Gasteiger partial charge >= 0.3 is 0 Å². The molecule has 0 fully saturated rings. The molecule has 3 aromatic carbocycles. The van der Waals surface area contributed by atoms with Gasteiger partial charge in [-0.2, -0.15) is 0 Å². The van der Waals surface area contributed by atoms with E-state index < -0.39 is 0 Å². The zero-order valence-corrected chi connectivity index (χ0v) is 14.0. The van der Waals surface area contributed by atoms with Crippen LogP contribution in [0.15, 0.2) is 97.1 Å². The van der Waals surface area contributed by atoms with Crippen LogP contribution in [0.5, 0.6) is 5.75 Å². The van der Waals surface area contributed by atoms with E-state index in [1.807, 2.05) is 36.4 Å². The van der Waals surface area contributed by atoms with Gasteiger partial charge in [0.05, 0.1) is 5.02 Å². The molecule has 0 radical (unpaired) electrons. The van der Waals surface area contributed by atoms with Crippen LogP contribution in [0.1, 0.15) is 11.1 Å². The van der Waals surface area contributed by atoms with Gasteiger partial charge in [0.1, 0.15) is 5.75 Å². The Morgan fingerprint density at radius 3 is 1.38 bits per heavy atom. The normalized spacial score (nSPS) is 10.5. The van der Waals surface area contributed by atoms with E-state index in [1.54, 1.807) is 24.3 Å². The summed E-state index contributed by atoms with van der Waals surface area (Å²) in [5.74, 6) is 0.133. The fraction of sp³-hybridized carbons (Fsp3) is 0. The van der Waals surface area contributed by atoms with E-state index in [0.29, 0.717) is 5.02 Å². The summed E-state index contributed by atoms with van der Waals surface area (Å²) in [6, 6.07) is 27.2. The van der Waals surface area contributed by atoms with Gasteiger partial charge in [0.25, 0.3) is 0 Å². The summed E-state index contributed by atoms with van der Waals surface area (Å²) in [4.78, 5) is 0. The van der Waals surface area contributed by atoms with Gasteiger partial charge in [-0.05, 0) is 23.3 Å². The number of aromatic hydroxyl groups is 1. The molecule has 0 aromatic heterocycles. The minimum absolute atomic E-state index is 0.133. The number of phenols is 1. The fourth-order valence-corrected chi connectivity index (χ4v) is 2.05. The summed E-state index contributed by atoms with van der Waals surface area (Å²) in [5, 5.41) is 9.18. The van der Waals surface area contributed by atoms with Gasteiger partial charge in [-0.1, -0.05) is 109 Å². The lowest BCUT2D eigenvalue weighted by Crippen LogP contribution is -1.68. The third-order valence-electron chi connectivity index (χ3n) is 3.14. The Labute approximate surface area is 148 Å². The second kappa shape index (κ2) is 10.1. The zero-order chi connectivity index (χ0) is 17.0. The third-order valence-corrected chi connectivity index (χ3v) is 3.46. The Morgan fingerprint density at radius 2 is 1.00 bits per heavy atom. The van der Waals surface area contributed by atoms with Crippen LogP contribution in [-0.2, 0) is 0 Å². The van der Waals surface area contributed by atoms with Crippen LogP contribution >= 0.6 is 11.6 Å². The maximum absolute atomic E-state index is 8.79. The van der Waals surface area contributed by atoms with Crippen LogP contribution in [0.4, 0.5) is 0 Å². The van der Waals surface area contributed by atoms with Crippen molar-refractivity contribution < 1.29 is 5.11 Å². The monoisotopic (exact) mass is 334 g/mol. The minimum Gasteiger partial charge on any atom is -0.506 e. The molecule has 0 unspecified atom stereocenters. The molecule has 2 heteroatoms. The van der Waals surface area contributed by atoms with Crippen molar-refractivity contribution in [2.24, 2.45) is 0 Å². The van der Waals surface area contributed by atoms with Crippen LogP contribution < -0.4 is 0 Å². The Hall–Kier alpha value is -2.77. The summed E-state index contributed by atoms with van der Waals surface area (Å²) in [5.41, 5.74) is 2.44. The number of hydrogen-bond donors (Lipinski definition) is 1. The first-order chi connectivity index (χ1) is 11.8. The summed E-state index contributed by atoms with van der Waals surface area (Å²) in [6.07, 6.45) is 8.31. The van der Waals surface area contributed by atoms with E-state index in [-0.39, 0.29) is 5.75 Å². The fourth-order valence-electron chi connectivity index (χ4n) is 1.91. The van der Waals surface area contributed by atoms with Gasteiger partial charge < -0.3 is 5.11 Å². The average Bonchev–Trinajstić information content (AvgIpc) is 2.64. The van der Waals surface area contributed by atoms with Crippen molar-refractivity contribution >= 4 is 23.8 Å². The van der Waals surface area contributed by atoms with E-state index in [0.717, 1.165) is 0 Å². The molecule has 120 valence electrons. The van der Waals surface area contributed by atoms with Gasteiger partial charge in [0.2, 0.25) is 0 Å². The van der Waals surface area contributed by atoms with Crippen molar-refractivity contribution in [2.45, 2.75) is 0 Å². The lowest BCUT2D eigenvalue weighted by Gasteiger charge is -1.90. The van der Waals surface area contributed by atoms with E-state index in [2.05, 4.69) is 48.6 Å². The molecule has 24 heavy (non-hydrogen) atoms. The molecule has 1 nitrogen and oxygen atoms in total. The topological polar surface area (TPSA) is 20.2 Å². The number of allylic oxidation sites excluding steroid dienone is 2. The second-order valence-corrected chi connectivity index (χ2v) is 5.40. The predicted octanol–water partition coefficient (Wildman–Crippen LogP) is 6.46. The first-order valence-electron chi connectivity index (χ1n) is 7.64. The highest BCUT2D eigenvalue weighted by Gasteiger charge is 1.89. The molecular weight excluding hydrogens is 316 g/mol. The summed E-state index contributed by atoms with van der Waals surface area (Å²) >= 11 is 5.46. The molecule has 0 aliphatic rings. The van der Waals surface area contributed by atoms with E-state index in [9.17, 15) is 0 Å². The molecule has 0 aliphatic heterocycles. The van der Waals surface area contributed by atoms with Crippen molar-refractivity contribution in [1.82, 2.24) is 0 Å². The SMILES string of the molecule is C(/C=C/c1ccccc1)=C\c1ccccc1.Oc1ccccc1Cl. The number of rotatable bonds is 3. The quantitative estimate of drug-likeness (QED) is 0.545. The van der Waals surface area contributed by atoms with E-state index in [4.69, 9.17) is 16.7 Å². The van der Waals surface area contributed by atoms with Crippen LogP contribution in [0, 0.1) is 0 Å². The molecule has 0 saturated heterocycles. The number of halogens is 1. The lowest BCUT2D eigenvalue weighted by atomic mass is 10.2. The Bertz CT molecular complexity index is 709. The average molecular weight is 335 g/mol. The van der Waals surface area contributed by atoms with Gasteiger partial charge in [0, 0.05) is 0 Å². The predicted molar refractivity (Wildman–Crippen MR) is 104 cm³/mol. The van der Waals surface area contributed by atoms with Crippen molar-refractivity contribution in [1.29, 1.82) is 0 Å². The first-order valence-corrected chi connectivity index (χ1v) is 8.02. The standard InChI is InChI=1S/C16H14.C6H5ClO/c1-3-9-15(10-4-1)13-7-8-14-16-11-5-2-6-12-16;7-5-3-1-2-4-6(5)8/h1-14H;1-4,8H/b13-7+,14-8+;. The molecule has 3 aromatic rings. The Balaban J connectivity index is 0.000000219. The maximum atomic E-state index is 8.79. The van der Waals surface area contributed by atoms with Crippen molar-refractivity contribution in [3.63, 3.8) is 0 Å². The summed E-state index contributed by atoms with van der Waals surface area (Å²) in [7, 11) is 0. The molecular formula is C22H19ClO. The highest BCUT2D eigenvalue weighted by atomic mass is 35.5. The van der Waals surface area contributed by atoms with Crippen molar-refractivity contribution in [3.05, 3.63) is 113 Å². The molecule has 3 rings (SSSR count). The van der Waals surface area contributed by atoms with E-state index in [1.165, 1.54) is 11.1 Å². The van der Waals surface area contributed by atoms with Crippen LogP contribution in [-0.4, -0.2) is 5.11 Å². The number of hydrogen-bond acceptors (Lipinski definition) is 1. The highest BCUT2D eigenvalue weighted by Crippen LogP contribution is 2.20. The van der Waals surface area contributed by atoms with Gasteiger partial charge in [-0.15, -0.1) is 0 Å². The molecule has 1 N–H and O–H groups in total. The van der Waals surface area contributed by atoms with Crippen LogP contribution in [0.25, 0.3) is 12.2 Å². The molecule has 0 saturated carbocycles.